The number of hydrogen-bond donors (Lipinski definition) is 2. The molecule has 1 aliphatic rings. The van der Waals surface area contributed by atoms with Gasteiger partial charge in [-0.05, 0) is 31.6 Å². The monoisotopic (exact) mass is 275 g/mol. The lowest BCUT2D eigenvalue weighted by Gasteiger charge is -2.28. The Hall–Kier alpha value is -1.55. The van der Waals surface area contributed by atoms with E-state index in [9.17, 15) is 4.79 Å². The molecule has 4 nitrogen and oxygen atoms in total. The van der Waals surface area contributed by atoms with Gasteiger partial charge < -0.3 is 15.5 Å². The molecule has 2 N–H and O–H groups in total. The molecule has 110 valence electrons. The van der Waals surface area contributed by atoms with Gasteiger partial charge in [0.15, 0.2) is 0 Å². The number of carbonyl (C=O) groups is 1. The Morgan fingerprint density at radius 2 is 2.10 bits per heavy atom. The van der Waals surface area contributed by atoms with Crippen LogP contribution < -0.4 is 10.6 Å². The fourth-order valence-electron chi connectivity index (χ4n) is 2.80. The fraction of sp³-hybridized carbons (Fsp3) is 0.562. The summed E-state index contributed by atoms with van der Waals surface area (Å²) in [5.41, 5.74) is 2.31. The van der Waals surface area contributed by atoms with Gasteiger partial charge in [-0.15, -0.1) is 0 Å². The third-order valence-corrected chi connectivity index (χ3v) is 4.01. The first-order valence-electron chi connectivity index (χ1n) is 7.27. The number of anilines is 1. The van der Waals surface area contributed by atoms with Crippen LogP contribution in [0.1, 0.15) is 19.4 Å². The zero-order chi connectivity index (χ0) is 14.7. The van der Waals surface area contributed by atoms with E-state index in [1.165, 1.54) is 5.56 Å². The maximum absolute atomic E-state index is 12.3. The molecule has 1 amide bonds. The van der Waals surface area contributed by atoms with Gasteiger partial charge in [-0.2, -0.15) is 0 Å². The van der Waals surface area contributed by atoms with Crippen molar-refractivity contribution >= 4 is 11.6 Å². The van der Waals surface area contributed by atoms with Crippen LogP contribution in [0, 0.1) is 5.92 Å². The van der Waals surface area contributed by atoms with Gasteiger partial charge in [0.1, 0.15) is 6.04 Å². The maximum Gasteiger partial charge on any atom is 0.242 e. The number of fused-ring (bicyclic) bond motifs is 1. The molecule has 1 aromatic rings. The van der Waals surface area contributed by atoms with Gasteiger partial charge in [0.05, 0.1) is 0 Å². The third kappa shape index (κ3) is 3.31. The highest BCUT2D eigenvalue weighted by Crippen LogP contribution is 2.25. The second-order valence-electron chi connectivity index (χ2n) is 6.08. The molecule has 2 atom stereocenters. The van der Waals surface area contributed by atoms with Crippen LogP contribution in [0.15, 0.2) is 24.3 Å². The molecular formula is C16H25N3O. The van der Waals surface area contributed by atoms with E-state index in [0.29, 0.717) is 18.5 Å². The van der Waals surface area contributed by atoms with E-state index >= 15 is 0 Å². The molecule has 0 saturated heterocycles. The number of nitrogens with one attached hydrogen (secondary N) is 2. The second kappa shape index (κ2) is 6.27. The summed E-state index contributed by atoms with van der Waals surface area (Å²) in [7, 11) is 4.11. The standard InChI is InChI=1S/C16H25N3O/c1-11(2)15(19(3)4)10-17-16(20)14-9-12-7-5-6-8-13(12)18-14/h5-8,11,14-15,18H,9-10H2,1-4H3,(H,17,20)/t14-,15?/m0/s1. The second-order valence-corrected chi connectivity index (χ2v) is 6.08. The molecule has 0 saturated carbocycles. The summed E-state index contributed by atoms with van der Waals surface area (Å²) in [6.45, 7) is 5.05. The quantitative estimate of drug-likeness (QED) is 0.860. The van der Waals surface area contributed by atoms with Gasteiger partial charge >= 0.3 is 0 Å². The van der Waals surface area contributed by atoms with Gasteiger partial charge in [-0.1, -0.05) is 32.0 Å². The summed E-state index contributed by atoms with van der Waals surface area (Å²) < 4.78 is 0. The van der Waals surface area contributed by atoms with Crippen molar-refractivity contribution in [2.75, 3.05) is 26.0 Å². The molecular weight excluding hydrogens is 250 g/mol. The van der Waals surface area contributed by atoms with Gasteiger partial charge in [0, 0.05) is 24.7 Å². The summed E-state index contributed by atoms with van der Waals surface area (Å²) >= 11 is 0. The van der Waals surface area contributed by atoms with Crippen LogP contribution in [-0.4, -0.2) is 43.5 Å². The van der Waals surface area contributed by atoms with E-state index in [4.69, 9.17) is 0 Å². The van der Waals surface area contributed by atoms with Crippen LogP contribution in [0.3, 0.4) is 0 Å². The van der Waals surface area contributed by atoms with Gasteiger partial charge in [0.25, 0.3) is 0 Å². The molecule has 4 heteroatoms. The Morgan fingerprint density at radius 3 is 2.70 bits per heavy atom. The number of para-hydroxylation sites is 1. The summed E-state index contributed by atoms with van der Waals surface area (Å²) in [6.07, 6.45) is 0.774. The van der Waals surface area contributed by atoms with Crippen LogP contribution in [-0.2, 0) is 11.2 Å². The van der Waals surface area contributed by atoms with Crippen molar-refractivity contribution in [2.24, 2.45) is 5.92 Å². The van der Waals surface area contributed by atoms with Crippen molar-refractivity contribution in [1.29, 1.82) is 0 Å². The maximum atomic E-state index is 12.3. The van der Waals surface area contributed by atoms with E-state index in [0.717, 1.165) is 12.1 Å². The number of carbonyl (C=O) groups excluding carboxylic acids is 1. The Kier molecular flexibility index (Phi) is 4.65. The molecule has 1 aliphatic heterocycles. The topological polar surface area (TPSA) is 44.4 Å². The lowest BCUT2D eigenvalue weighted by atomic mass is 10.0. The summed E-state index contributed by atoms with van der Waals surface area (Å²) in [6, 6.07) is 8.34. The van der Waals surface area contributed by atoms with Gasteiger partial charge in [-0.25, -0.2) is 0 Å². The predicted octanol–water partition coefficient (Wildman–Crippen LogP) is 1.73. The Bertz CT molecular complexity index is 438. The third-order valence-electron chi connectivity index (χ3n) is 4.01. The smallest absolute Gasteiger partial charge is 0.242 e. The first-order chi connectivity index (χ1) is 9.49. The minimum Gasteiger partial charge on any atom is -0.373 e. The van der Waals surface area contributed by atoms with Crippen LogP contribution >= 0.6 is 0 Å². The first-order valence-corrected chi connectivity index (χ1v) is 7.27. The van der Waals surface area contributed by atoms with E-state index in [1.54, 1.807) is 0 Å². The summed E-state index contributed by atoms with van der Waals surface area (Å²) in [4.78, 5) is 14.4. The van der Waals surface area contributed by atoms with Crippen molar-refractivity contribution in [1.82, 2.24) is 10.2 Å². The van der Waals surface area contributed by atoms with Gasteiger partial charge in [-0.3, -0.25) is 4.79 Å². The van der Waals surface area contributed by atoms with E-state index in [1.807, 2.05) is 18.2 Å². The highest BCUT2D eigenvalue weighted by atomic mass is 16.2. The van der Waals surface area contributed by atoms with E-state index in [-0.39, 0.29) is 11.9 Å². The minimum atomic E-state index is -0.137. The van der Waals surface area contributed by atoms with Crippen molar-refractivity contribution in [3.63, 3.8) is 0 Å². The molecule has 0 bridgehead atoms. The first kappa shape index (κ1) is 14.9. The molecule has 20 heavy (non-hydrogen) atoms. The molecule has 1 unspecified atom stereocenters. The largest absolute Gasteiger partial charge is 0.373 e. The van der Waals surface area contributed by atoms with Crippen molar-refractivity contribution in [2.45, 2.75) is 32.4 Å². The highest BCUT2D eigenvalue weighted by Gasteiger charge is 2.27. The lowest BCUT2D eigenvalue weighted by Crippen LogP contribution is -2.47. The van der Waals surface area contributed by atoms with Crippen LogP contribution in [0.4, 0.5) is 5.69 Å². The zero-order valence-electron chi connectivity index (χ0n) is 12.8. The van der Waals surface area contributed by atoms with Crippen LogP contribution in [0.2, 0.25) is 0 Å². The Labute approximate surface area is 121 Å². The molecule has 1 aromatic carbocycles. The SMILES string of the molecule is CC(C)C(CNC(=O)[C@@H]1Cc2ccccc2N1)N(C)C. The van der Waals surface area contributed by atoms with E-state index in [2.05, 4.69) is 49.5 Å². The fourth-order valence-corrected chi connectivity index (χ4v) is 2.80. The highest BCUT2D eigenvalue weighted by molar-refractivity contribution is 5.87. The van der Waals surface area contributed by atoms with Crippen LogP contribution in [0.5, 0.6) is 0 Å². The van der Waals surface area contributed by atoms with Crippen molar-refractivity contribution in [3.8, 4) is 0 Å². The zero-order valence-corrected chi connectivity index (χ0v) is 12.8. The lowest BCUT2D eigenvalue weighted by molar-refractivity contribution is -0.122. The average Bonchev–Trinajstić information content (AvgIpc) is 2.81. The number of hydrogen-bond acceptors (Lipinski definition) is 3. The van der Waals surface area contributed by atoms with Crippen molar-refractivity contribution < 1.29 is 4.79 Å². The molecule has 0 fully saturated rings. The Balaban J connectivity index is 1.88. The minimum absolute atomic E-state index is 0.0914. The summed E-state index contributed by atoms with van der Waals surface area (Å²) in [5.74, 6) is 0.604. The van der Waals surface area contributed by atoms with E-state index < -0.39 is 0 Å². The molecule has 0 spiro atoms. The summed E-state index contributed by atoms with van der Waals surface area (Å²) in [5, 5.41) is 6.37. The molecule has 2 rings (SSSR count). The Morgan fingerprint density at radius 1 is 1.40 bits per heavy atom. The molecule has 0 aliphatic carbocycles. The number of likely N-dealkylation sites (N-methyl/N-ethyl adjacent to an activating group) is 1. The van der Waals surface area contributed by atoms with Gasteiger partial charge in [0.2, 0.25) is 5.91 Å². The average molecular weight is 275 g/mol. The number of amides is 1. The van der Waals surface area contributed by atoms with Crippen LogP contribution in [0.25, 0.3) is 0 Å². The number of benzene rings is 1. The number of nitrogens with zero attached hydrogens (tertiary/aromatic N) is 1. The number of rotatable bonds is 5. The molecule has 0 radical (unpaired) electrons. The van der Waals surface area contributed by atoms with Crippen molar-refractivity contribution in [3.05, 3.63) is 29.8 Å². The molecule has 0 aromatic heterocycles. The molecule has 1 heterocycles. The normalized spacial score (nSPS) is 18.8. The predicted molar refractivity (Wildman–Crippen MR) is 82.9 cm³/mol.